The van der Waals surface area contributed by atoms with Crippen LogP contribution in [0, 0.1) is 0 Å². The van der Waals surface area contributed by atoms with Gasteiger partial charge in [-0.3, -0.25) is 9.48 Å². The molecule has 0 spiro atoms. The van der Waals surface area contributed by atoms with Gasteiger partial charge < -0.3 is 9.84 Å². The predicted molar refractivity (Wildman–Crippen MR) is 75.2 cm³/mol. The molecular formula is C14H19N3O3. The van der Waals surface area contributed by atoms with Crippen LogP contribution in [-0.4, -0.2) is 33.5 Å². The van der Waals surface area contributed by atoms with Gasteiger partial charge in [0.2, 0.25) is 0 Å². The number of hydrogen-bond acceptors (Lipinski definition) is 4. The summed E-state index contributed by atoms with van der Waals surface area (Å²) in [5.74, 6) is 1.59. The van der Waals surface area contributed by atoms with Crippen LogP contribution in [0.15, 0.2) is 24.3 Å². The van der Waals surface area contributed by atoms with Gasteiger partial charge in [0.05, 0.1) is 0 Å². The predicted octanol–water partition coefficient (Wildman–Crippen LogP) is 1.89. The van der Waals surface area contributed by atoms with Crippen molar-refractivity contribution in [1.82, 2.24) is 14.8 Å². The minimum Gasteiger partial charge on any atom is -0.483 e. The number of hydrogen-bond donors (Lipinski definition) is 1. The van der Waals surface area contributed by atoms with Gasteiger partial charge in [-0.25, -0.2) is 4.98 Å². The number of carboxylic acid groups (broad SMARTS) is 1. The van der Waals surface area contributed by atoms with E-state index in [0.29, 0.717) is 6.61 Å². The molecule has 0 saturated carbocycles. The van der Waals surface area contributed by atoms with Gasteiger partial charge in [-0.05, 0) is 12.0 Å². The molecule has 1 aromatic carbocycles. The van der Waals surface area contributed by atoms with Crippen molar-refractivity contribution in [2.75, 3.05) is 7.11 Å². The smallest absolute Gasteiger partial charge is 0.290 e. The average molecular weight is 277 g/mol. The summed E-state index contributed by atoms with van der Waals surface area (Å²) in [7, 11) is 3.54. The highest BCUT2D eigenvalue weighted by atomic mass is 16.5. The van der Waals surface area contributed by atoms with Crippen molar-refractivity contribution in [1.29, 1.82) is 0 Å². The van der Waals surface area contributed by atoms with Crippen LogP contribution < -0.4 is 0 Å². The Balaban J connectivity index is 0.000000612. The average Bonchev–Trinajstić information content (AvgIpc) is 2.82. The molecule has 6 nitrogen and oxygen atoms in total. The van der Waals surface area contributed by atoms with Crippen molar-refractivity contribution in [2.45, 2.75) is 20.0 Å². The maximum atomic E-state index is 8.36. The van der Waals surface area contributed by atoms with Crippen molar-refractivity contribution in [3.05, 3.63) is 35.7 Å². The van der Waals surface area contributed by atoms with Gasteiger partial charge in [0.15, 0.2) is 11.6 Å². The summed E-state index contributed by atoms with van der Waals surface area (Å²) in [6, 6.07) is 8.35. The van der Waals surface area contributed by atoms with Crippen LogP contribution in [0.5, 0.6) is 0 Å². The van der Waals surface area contributed by atoms with E-state index in [-0.39, 0.29) is 6.47 Å². The van der Waals surface area contributed by atoms with E-state index in [2.05, 4.69) is 41.3 Å². The van der Waals surface area contributed by atoms with E-state index in [1.807, 2.05) is 7.05 Å². The van der Waals surface area contributed by atoms with Crippen molar-refractivity contribution < 1.29 is 14.6 Å². The lowest BCUT2D eigenvalue weighted by molar-refractivity contribution is -0.122. The van der Waals surface area contributed by atoms with Gasteiger partial charge in [-0.2, -0.15) is 5.10 Å². The summed E-state index contributed by atoms with van der Waals surface area (Å²) >= 11 is 0. The molecule has 0 aliphatic rings. The molecule has 20 heavy (non-hydrogen) atoms. The number of aryl methyl sites for hydroxylation is 2. The lowest BCUT2D eigenvalue weighted by atomic mass is 10.1. The van der Waals surface area contributed by atoms with Crippen LogP contribution in [0.3, 0.4) is 0 Å². The molecule has 0 radical (unpaired) electrons. The monoisotopic (exact) mass is 277 g/mol. The summed E-state index contributed by atoms with van der Waals surface area (Å²) in [6.45, 7) is 2.38. The van der Waals surface area contributed by atoms with Crippen LogP contribution in [0.25, 0.3) is 11.4 Å². The summed E-state index contributed by atoms with van der Waals surface area (Å²) in [6.07, 6.45) is 1.05. The first-order valence-corrected chi connectivity index (χ1v) is 6.22. The van der Waals surface area contributed by atoms with E-state index < -0.39 is 0 Å². The van der Waals surface area contributed by atoms with Crippen LogP contribution in [0.4, 0.5) is 0 Å². The molecule has 0 amide bonds. The lowest BCUT2D eigenvalue weighted by Crippen LogP contribution is -2.00. The quantitative estimate of drug-likeness (QED) is 0.863. The summed E-state index contributed by atoms with van der Waals surface area (Å²) in [5, 5.41) is 11.3. The molecule has 2 aromatic rings. The van der Waals surface area contributed by atoms with Crippen molar-refractivity contribution in [3.63, 3.8) is 0 Å². The molecule has 1 N–H and O–H groups in total. The first-order valence-electron chi connectivity index (χ1n) is 6.22. The SMILES string of the molecule is CCc1ccc(-c2nc(COC)n(C)n2)cc1.O=CO. The minimum atomic E-state index is -0.250. The molecule has 6 heteroatoms. The second-order valence-electron chi connectivity index (χ2n) is 4.06. The number of ether oxygens (including phenoxy) is 1. The summed E-state index contributed by atoms with van der Waals surface area (Å²) in [5.41, 5.74) is 2.36. The molecule has 0 bridgehead atoms. The number of methoxy groups -OCH3 is 1. The Morgan fingerprint density at radius 3 is 2.45 bits per heavy atom. The van der Waals surface area contributed by atoms with Crippen molar-refractivity contribution in [2.24, 2.45) is 7.05 Å². The molecule has 0 aliphatic heterocycles. The van der Waals surface area contributed by atoms with Gasteiger partial charge in [-0.1, -0.05) is 31.2 Å². The van der Waals surface area contributed by atoms with E-state index in [0.717, 1.165) is 23.6 Å². The fourth-order valence-electron chi connectivity index (χ4n) is 1.68. The zero-order valence-corrected chi connectivity index (χ0v) is 11.9. The first kappa shape index (κ1) is 15.8. The number of benzene rings is 1. The number of nitrogens with zero attached hydrogens (tertiary/aromatic N) is 3. The Labute approximate surface area is 118 Å². The molecule has 0 aliphatic carbocycles. The Morgan fingerprint density at radius 1 is 1.35 bits per heavy atom. The molecule has 0 fully saturated rings. The first-order chi connectivity index (χ1) is 9.65. The third-order valence-electron chi connectivity index (χ3n) is 2.75. The maximum absolute atomic E-state index is 8.36. The van der Waals surface area contributed by atoms with Gasteiger partial charge >= 0.3 is 0 Å². The largest absolute Gasteiger partial charge is 0.483 e. The Hall–Kier alpha value is -2.21. The zero-order chi connectivity index (χ0) is 15.0. The van der Waals surface area contributed by atoms with Crippen LogP contribution >= 0.6 is 0 Å². The number of carbonyl (C=O) groups is 1. The fraction of sp³-hybridized carbons (Fsp3) is 0.357. The standard InChI is InChI=1S/C13H17N3O.CH2O2/c1-4-10-5-7-11(8-6-10)13-14-12(9-17-3)16(2)15-13;2-1-3/h5-8H,4,9H2,1-3H3;1H,(H,2,3). The van der Waals surface area contributed by atoms with Gasteiger partial charge in [0.25, 0.3) is 6.47 Å². The van der Waals surface area contributed by atoms with Crippen LogP contribution in [0.2, 0.25) is 0 Å². The van der Waals surface area contributed by atoms with Crippen molar-refractivity contribution in [3.8, 4) is 11.4 Å². The minimum absolute atomic E-state index is 0.250. The topological polar surface area (TPSA) is 77.2 Å². The molecular weight excluding hydrogens is 258 g/mol. The van der Waals surface area contributed by atoms with E-state index >= 15 is 0 Å². The van der Waals surface area contributed by atoms with E-state index in [1.165, 1.54) is 5.56 Å². The third kappa shape index (κ3) is 4.17. The molecule has 1 heterocycles. The second kappa shape index (κ2) is 8.06. The molecule has 0 unspecified atom stereocenters. The van der Waals surface area contributed by atoms with Crippen LogP contribution in [-0.2, 0) is 29.6 Å². The highest BCUT2D eigenvalue weighted by Crippen LogP contribution is 2.16. The summed E-state index contributed by atoms with van der Waals surface area (Å²) in [4.78, 5) is 12.8. The summed E-state index contributed by atoms with van der Waals surface area (Å²) < 4.78 is 6.83. The highest BCUT2D eigenvalue weighted by Gasteiger charge is 2.08. The van der Waals surface area contributed by atoms with E-state index in [4.69, 9.17) is 14.6 Å². The molecule has 2 rings (SSSR count). The zero-order valence-electron chi connectivity index (χ0n) is 11.9. The lowest BCUT2D eigenvalue weighted by Gasteiger charge is -1.97. The molecule has 0 atom stereocenters. The third-order valence-corrected chi connectivity index (χ3v) is 2.75. The number of aromatic nitrogens is 3. The molecule has 0 saturated heterocycles. The van der Waals surface area contributed by atoms with Crippen LogP contribution in [0.1, 0.15) is 18.3 Å². The van der Waals surface area contributed by atoms with Gasteiger partial charge in [0.1, 0.15) is 6.61 Å². The Morgan fingerprint density at radius 2 is 1.95 bits per heavy atom. The van der Waals surface area contributed by atoms with E-state index in [1.54, 1.807) is 11.8 Å². The normalized spacial score (nSPS) is 9.75. The highest BCUT2D eigenvalue weighted by molar-refractivity contribution is 5.55. The Kier molecular flexibility index (Phi) is 6.39. The fourth-order valence-corrected chi connectivity index (χ4v) is 1.68. The van der Waals surface area contributed by atoms with E-state index in [9.17, 15) is 0 Å². The van der Waals surface area contributed by atoms with Gasteiger partial charge in [0, 0.05) is 19.7 Å². The van der Waals surface area contributed by atoms with Gasteiger partial charge in [-0.15, -0.1) is 0 Å². The Bertz CT molecular complexity index is 535. The second-order valence-corrected chi connectivity index (χ2v) is 4.06. The van der Waals surface area contributed by atoms with Crippen molar-refractivity contribution >= 4 is 6.47 Å². The molecule has 1 aromatic heterocycles. The molecule has 108 valence electrons. The number of rotatable bonds is 4. The maximum Gasteiger partial charge on any atom is 0.290 e.